The Morgan fingerprint density at radius 1 is 1.32 bits per heavy atom. The molecule has 2 aliphatic rings. The molecule has 0 aromatic carbocycles. The third kappa shape index (κ3) is 2.84. The fourth-order valence-corrected chi connectivity index (χ4v) is 4.34. The molecule has 0 amide bonds. The summed E-state index contributed by atoms with van der Waals surface area (Å²) >= 11 is 4.72. The molecular weight excluding hydrogens is 252 g/mol. The molecule has 0 bridgehead atoms. The van der Waals surface area contributed by atoms with Crippen LogP contribution in [0.15, 0.2) is 0 Å². The monoisotopic (exact) mass is 284 g/mol. The van der Waals surface area contributed by atoms with E-state index in [-0.39, 0.29) is 5.54 Å². The molecule has 2 nitrogen and oxygen atoms in total. The van der Waals surface area contributed by atoms with Gasteiger partial charge in [0.2, 0.25) is 0 Å². The highest BCUT2D eigenvalue weighted by atomic mass is 32.1. The summed E-state index contributed by atoms with van der Waals surface area (Å²) in [6.45, 7) is 10.7. The Kier molecular flexibility index (Phi) is 4.59. The molecule has 5 atom stereocenters. The molecule has 0 saturated carbocycles. The molecule has 1 N–H and O–H groups in total. The first kappa shape index (κ1) is 15.7. The standard InChI is InChI=1S/C16H32N2S/c1-12(15(3)8-6-10-17-15)11-14-7-9-16(4,13(2)19)18(14)5/h12-14,17,19H,6-11H2,1-5H3. The minimum absolute atomic E-state index is 0.275. The molecule has 5 unspecified atom stereocenters. The first-order valence-corrected chi connectivity index (χ1v) is 8.47. The van der Waals surface area contributed by atoms with E-state index < -0.39 is 0 Å². The first-order valence-electron chi connectivity index (χ1n) is 7.95. The minimum atomic E-state index is 0.275. The maximum Gasteiger partial charge on any atom is 0.0295 e. The smallest absolute Gasteiger partial charge is 0.0295 e. The van der Waals surface area contributed by atoms with Crippen LogP contribution in [-0.4, -0.2) is 40.9 Å². The second kappa shape index (κ2) is 5.57. The summed E-state index contributed by atoms with van der Waals surface area (Å²) in [4.78, 5) is 2.61. The van der Waals surface area contributed by atoms with E-state index in [0.29, 0.717) is 10.8 Å². The quantitative estimate of drug-likeness (QED) is 0.770. The number of thiol groups is 1. The lowest BCUT2D eigenvalue weighted by Crippen LogP contribution is -2.50. The normalized spacial score (nSPS) is 43.6. The lowest BCUT2D eigenvalue weighted by atomic mass is 9.81. The van der Waals surface area contributed by atoms with E-state index in [9.17, 15) is 0 Å². The third-order valence-electron chi connectivity index (χ3n) is 6.35. The van der Waals surface area contributed by atoms with E-state index >= 15 is 0 Å². The number of nitrogens with zero attached hydrogens (tertiary/aromatic N) is 1. The Balaban J connectivity index is 1.97. The number of hydrogen-bond acceptors (Lipinski definition) is 3. The zero-order valence-electron chi connectivity index (χ0n) is 13.4. The Morgan fingerprint density at radius 2 is 2.00 bits per heavy atom. The summed E-state index contributed by atoms with van der Waals surface area (Å²) in [7, 11) is 2.31. The van der Waals surface area contributed by atoms with Crippen molar-refractivity contribution in [3.05, 3.63) is 0 Å². The molecule has 2 heterocycles. The summed E-state index contributed by atoms with van der Waals surface area (Å²) < 4.78 is 0. The molecule has 0 aromatic rings. The largest absolute Gasteiger partial charge is 0.311 e. The van der Waals surface area contributed by atoms with Crippen LogP contribution in [0, 0.1) is 5.92 Å². The van der Waals surface area contributed by atoms with Crippen molar-refractivity contribution in [2.45, 2.75) is 82.2 Å². The highest BCUT2D eigenvalue weighted by molar-refractivity contribution is 7.81. The van der Waals surface area contributed by atoms with Crippen LogP contribution < -0.4 is 5.32 Å². The fourth-order valence-electron chi connectivity index (χ4n) is 4.03. The van der Waals surface area contributed by atoms with Crippen LogP contribution in [0.1, 0.15) is 59.8 Å². The maximum absolute atomic E-state index is 4.72. The minimum Gasteiger partial charge on any atom is -0.311 e. The Labute approximate surface area is 125 Å². The molecule has 0 radical (unpaired) electrons. The Hall–Kier alpha value is 0.270. The van der Waals surface area contributed by atoms with Crippen LogP contribution in [0.2, 0.25) is 0 Å². The van der Waals surface area contributed by atoms with Crippen molar-refractivity contribution in [1.82, 2.24) is 10.2 Å². The van der Waals surface area contributed by atoms with Gasteiger partial charge in [0.25, 0.3) is 0 Å². The van der Waals surface area contributed by atoms with Crippen molar-refractivity contribution in [3.63, 3.8) is 0 Å². The van der Waals surface area contributed by atoms with Gasteiger partial charge in [-0.05, 0) is 65.5 Å². The maximum atomic E-state index is 4.72. The number of likely N-dealkylation sites (tertiary alicyclic amines) is 1. The van der Waals surface area contributed by atoms with Crippen LogP contribution in [0.5, 0.6) is 0 Å². The van der Waals surface area contributed by atoms with E-state index in [4.69, 9.17) is 12.6 Å². The van der Waals surface area contributed by atoms with Gasteiger partial charge in [-0.3, -0.25) is 4.90 Å². The average Bonchev–Trinajstić information content (AvgIpc) is 2.90. The summed E-state index contributed by atoms with van der Waals surface area (Å²) in [6, 6.07) is 0.730. The van der Waals surface area contributed by atoms with Crippen molar-refractivity contribution in [2.24, 2.45) is 5.92 Å². The summed E-state index contributed by atoms with van der Waals surface area (Å²) in [5, 5.41) is 4.17. The van der Waals surface area contributed by atoms with Crippen molar-refractivity contribution < 1.29 is 0 Å². The van der Waals surface area contributed by atoms with Gasteiger partial charge < -0.3 is 5.32 Å². The molecule has 2 saturated heterocycles. The van der Waals surface area contributed by atoms with Crippen molar-refractivity contribution in [2.75, 3.05) is 13.6 Å². The lowest BCUT2D eigenvalue weighted by Gasteiger charge is -2.41. The van der Waals surface area contributed by atoms with Crippen LogP contribution in [0.3, 0.4) is 0 Å². The van der Waals surface area contributed by atoms with Crippen LogP contribution in [0.25, 0.3) is 0 Å². The van der Waals surface area contributed by atoms with Gasteiger partial charge in [-0.15, -0.1) is 0 Å². The second-order valence-corrected chi connectivity index (χ2v) is 8.20. The summed E-state index contributed by atoms with van der Waals surface area (Å²) in [5.74, 6) is 0.750. The molecule has 0 aromatic heterocycles. The molecule has 0 spiro atoms. The summed E-state index contributed by atoms with van der Waals surface area (Å²) in [6.07, 6.45) is 6.61. The van der Waals surface area contributed by atoms with E-state index in [1.54, 1.807) is 0 Å². The molecular formula is C16H32N2S. The van der Waals surface area contributed by atoms with Crippen molar-refractivity contribution in [3.8, 4) is 0 Å². The number of hydrogen-bond donors (Lipinski definition) is 2. The number of nitrogens with one attached hydrogen (secondary N) is 1. The fraction of sp³-hybridized carbons (Fsp3) is 1.00. The molecule has 2 rings (SSSR count). The van der Waals surface area contributed by atoms with E-state index in [1.165, 1.54) is 38.6 Å². The van der Waals surface area contributed by atoms with E-state index in [2.05, 4.69) is 45.0 Å². The Bertz CT molecular complexity index is 312. The predicted molar refractivity (Wildman–Crippen MR) is 87.1 cm³/mol. The van der Waals surface area contributed by atoms with Gasteiger partial charge in [0.15, 0.2) is 0 Å². The topological polar surface area (TPSA) is 15.3 Å². The van der Waals surface area contributed by atoms with Gasteiger partial charge in [0.1, 0.15) is 0 Å². The van der Waals surface area contributed by atoms with Gasteiger partial charge >= 0.3 is 0 Å². The highest BCUT2D eigenvalue weighted by Crippen LogP contribution is 2.41. The van der Waals surface area contributed by atoms with Gasteiger partial charge in [0, 0.05) is 22.4 Å². The lowest BCUT2D eigenvalue weighted by molar-refractivity contribution is 0.123. The average molecular weight is 285 g/mol. The zero-order valence-corrected chi connectivity index (χ0v) is 14.3. The van der Waals surface area contributed by atoms with Crippen molar-refractivity contribution >= 4 is 12.6 Å². The molecule has 112 valence electrons. The molecule has 2 aliphatic heterocycles. The van der Waals surface area contributed by atoms with Gasteiger partial charge in [-0.1, -0.05) is 13.8 Å². The van der Waals surface area contributed by atoms with E-state index in [0.717, 1.165) is 12.0 Å². The number of rotatable bonds is 4. The van der Waals surface area contributed by atoms with Crippen LogP contribution >= 0.6 is 12.6 Å². The summed E-state index contributed by atoms with van der Waals surface area (Å²) in [5.41, 5.74) is 0.643. The van der Waals surface area contributed by atoms with Crippen LogP contribution in [0.4, 0.5) is 0 Å². The highest BCUT2D eigenvalue weighted by Gasteiger charge is 2.44. The van der Waals surface area contributed by atoms with Gasteiger partial charge in [-0.2, -0.15) is 12.6 Å². The molecule has 0 aliphatic carbocycles. The first-order chi connectivity index (χ1) is 8.79. The SMILES string of the molecule is CC(CC1CCC(C)(C(C)S)N1C)C1(C)CCCN1. The Morgan fingerprint density at radius 3 is 2.47 bits per heavy atom. The second-order valence-electron chi connectivity index (χ2n) is 7.42. The third-order valence-corrected chi connectivity index (χ3v) is 6.91. The molecule has 3 heteroatoms. The van der Waals surface area contributed by atoms with E-state index in [1.807, 2.05) is 0 Å². The molecule has 2 fully saturated rings. The van der Waals surface area contributed by atoms with Gasteiger partial charge in [-0.25, -0.2) is 0 Å². The zero-order chi connectivity index (χ0) is 14.3. The van der Waals surface area contributed by atoms with Crippen molar-refractivity contribution in [1.29, 1.82) is 0 Å². The predicted octanol–water partition coefficient (Wildman–Crippen LogP) is 3.33. The molecule has 19 heavy (non-hydrogen) atoms. The van der Waals surface area contributed by atoms with Gasteiger partial charge in [0.05, 0.1) is 0 Å². The van der Waals surface area contributed by atoms with Crippen LogP contribution in [-0.2, 0) is 0 Å².